The number of carbonyl (C=O) groups is 1. The predicted molar refractivity (Wildman–Crippen MR) is 57.8 cm³/mol. The van der Waals surface area contributed by atoms with Gasteiger partial charge in [-0.3, -0.25) is 4.79 Å². The normalized spacial score (nSPS) is 22.0. The van der Waals surface area contributed by atoms with E-state index in [0.29, 0.717) is 5.92 Å². The fraction of sp³-hybridized carbons (Fsp3) is 0.909. The number of amides is 1. The van der Waals surface area contributed by atoms with Gasteiger partial charge < -0.3 is 10.6 Å². The van der Waals surface area contributed by atoms with Crippen molar-refractivity contribution >= 4 is 5.91 Å². The molecule has 1 rings (SSSR count). The molecule has 14 heavy (non-hydrogen) atoms. The molecule has 1 heterocycles. The zero-order valence-electron chi connectivity index (χ0n) is 9.71. The van der Waals surface area contributed by atoms with E-state index in [0.717, 1.165) is 19.5 Å². The Labute approximate surface area is 86.6 Å². The quantitative estimate of drug-likeness (QED) is 0.741. The van der Waals surface area contributed by atoms with Crippen LogP contribution >= 0.6 is 0 Å². The summed E-state index contributed by atoms with van der Waals surface area (Å²) in [5, 5.41) is 0. The highest BCUT2D eigenvalue weighted by Gasteiger charge is 2.44. The molecule has 1 amide bonds. The van der Waals surface area contributed by atoms with Gasteiger partial charge >= 0.3 is 0 Å². The molecule has 0 aromatic carbocycles. The van der Waals surface area contributed by atoms with E-state index in [1.165, 1.54) is 0 Å². The standard InChI is InChI=1S/C11H22N2O/c1-5-9(4)10(14)13-6-11(12,7-13)8(2)3/h8-9H,5-7,12H2,1-4H3. The van der Waals surface area contributed by atoms with Crippen LogP contribution in [-0.2, 0) is 4.79 Å². The van der Waals surface area contributed by atoms with Crippen LogP contribution in [0.3, 0.4) is 0 Å². The van der Waals surface area contributed by atoms with E-state index in [1.807, 2.05) is 18.7 Å². The Hall–Kier alpha value is -0.570. The van der Waals surface area contributed by atoms with Crippen molar-refractivity contribution in [3.63, 3.8) is 0 Å². The van der Waals surface area contributed by atoms with Crippen molar-refractivity contribution in [3.05, 3.63) is 0 Å². The second-order valence-electron chi connectivity index (χ2n) is 4.89. The average Bonchev–Trinajstić information content (AvgIpc) is 2.10. The summed E-state index contributed by atoms with van der Waals surface area (Å²) in [7, 11) is 0. The van der Waals surface area contributed by atoms with Crippen LogP contribution in [0.1, 0.15) is 34.1 Å². The molecule has 0 aromatic heterocycles. The minimum atomic E-state index is -0.136. The van der Waals surface area contributed by atoms with E-state index >= 15 is 0 Å². The van der Waals surface area contributed by atoms with Gasteiger partial charge in [0.1, 0.15) is 0 Å². The number of likely N-dealkylation sites (tertiary alicyclic amines) is 1. The molecule has 1 atom stereocenters. The summed E-state index contributed by atoms with van der Waals surface area (Å²) in [6, 6.07) is 0. The Balaban J connectivity index is 2.45. The molecule has 1 saturated heterocycles. The highest BCUT2D eigenvalue weighted by atomic mass is 16.2. The maximum atomic E-state index is 11.7. The summed E-state index contributed by atoms with van der Waals surface area (Å²) in [6.07, 6.45) is 0.911. The lowest BCUT2D eigenvalue weighted by atomic mass is 9.79. The minimum absolute atomic E-state index is 0.136. The van der Waals surface area contributed by atoms with Gasteiger partial charge in [-0.2, -0.15) is 0 Å². The first kappa shape index (κ1) is 11.5. The molecular weight excluding hydrogens is 176 g/mol. The van der Waals surface area contributed by atoms with Gasteiger partial charge in [-0.1, -0.05) is 27.7 Å². The SMILES string of the molecule is CCC(C)C(=O)N1CC(N)(C(C)C)C1. The number of nitrogens with two attached hydrogens (primary N) is 1. The molecule has 0 radical (unpaired) electrons. The number of nitrogens with zero attached hydrogens (tertiary/aromatic N) is 1. The molecular formula is C11H22N2O. The van der Waals surface area contributed by atoms with E-state index in [-0.39, 0.29) is 17.4 Å². The number of rotatable bonds is 3. The Morgan fingerprint density at radius 3 is 2.29 bits per heavy atom. The lowest BCUT2D eigenvalue weighted by Crippen LogP contribution is -2.71. The summed E-state index contributed by atoms with van der Waals surface area (Å²) in [5.41, 5.74) is 5.99. The molecule has 3 nitrogen and oxygen atoms in total. The van der Waals surface area contributed by atoms with Crippen LogP contribution in [0.15, 0.2) is 0 Å². The van der Waals surface area contributed by atoms with Gasteiger partial charge in [0.25, 0.3) is 0 Å². The largest absolute Gasteiger partial charge is 0.339 e. The summed E-state index contributed by atoms with van der Waals surface area (Å²) in [4.78, 5) is 13.6. The maximum absolute atomic E-state index is 11.7. The van der Waals surface area contributed by atoms with Crippen molar-refractivity contribution in [1.82, 2.24) is 4.90 Å². The van der Waals surface area contributed by atoms with Crippen molar-refractivity contribution in [3.8, 4) is 0 Å². The highest BCUT2D eigenvalue weighted by molar-refractivity contribution is 5.79. The zero-order valence-corrected chi connectivity index (χ0v) is 9.71. The van der Waals surface area contributed by atoms with Gasteiger partial charge in [0, 0.05) is 19.0 Å². The first-order valence-corrected chi connectivity index (χ1v) is 5.48. The maximum Gasteiger partial charge on any atom is 0.225 e. The Kier molecular flexibility index (Phi) is 3.20. The van der Waals surface area contributed by atoms with E-state index in [2.05, 4.69) is 13.8 Å². The number of carbonyl (C=O) groups excluding carboxylic acids is 1. The second-order valence-corrected chi connectivity index (χ2v) is 4.89. The Morgan fingerprint density at radius 2 is 1.93 bits per heavy atom. The van der Waals surface area contributed by atoms with Crippen molar-refractivity contribution in [2.45, 2.75) is 39.7 Å². The first-order chi connectivity index (χ1) is 6.40. The number of hydrogen-bond donors (Lipinski definition) is 1. The van der Waals surface area contributed by atoms with Crippen LogP contribution in [-0.4, -0.2) is 29.4 Å². The fourth-order valence-electron chi connectivity index (χ4n) is 1.67. The van der Waals surface area contributed by atoms with Gasteiger partial charge in [0.15, 0.2) is 0 Å². The molecule has 0 spiro atoms. The van der Waals surface area contributed by atoms with E-state index < -0.39 is 0 Å². The summed E-state index contributed by atoms with van der Waals surface area (Å²) in [6.45, 7) is 9.71. The molecule has 0 bridgehead atoms. The molecule has 1 unspecified atom stereocenters. The van der Waals surface area contributed by atoms with E-state index in [4.69, 9.17) is 5.73 Å². The molecule has 2 N–H and O–H groups in total. The fourth-order valence-corrected chi connectivity index (χ4v) is 1.67. The average molecular weight is 198 g/mol. The topological polar surface area (TPSA) is 46.3 Å². The molecule has 1 aliphatic rings. The molecule has 82 valence electrons. The summed E-state index contributed by atoms with van der Waals surface area (Å²) in [5.74, 6) is 0.851. The van der Waals surface area contributed by atoms with Crippen LogP contribution in [0, 0.1) is 11.8 Å². The van der Waals surface area contributed by atoms with E-state index in [9.17, 15) is 4.79 Å². The van der Waals surface area contributed by atoms with Gasteiger partial charge in [-0.25, -0.2) is 0 Å². The van der Waals surface area contributed by atoms with Crippen molar-refractivity contribution < 1.29 is 4.79 Å². The summed E-state index contributed by atoms with van der Waals surface area (Å²) < 4.78 is 0. The molecule has 0 saturated carbocycles. The Bertz CT molecular complexity index is 219. The third-order valence-corrected chi connectivity index (χ3v) is 3.47. The highest BCUT2D eigenvalue weighted by Crippen LogP contribution is 2.27. The third-order valence-electron chi connectivity index (χ3n) is 3.47. The van der Waals surface area contributed by atoms with Gasteiger partial charge in [-0.15, -0.1) is 0 Å². The van der Waals surface area contributed by atoms with Crippen molar-refractivity contribution in [2.24, 2.45) is 17.6 Å². The molecule has 1 fully saturated rings. The van der Waals surface area contributed by atoms with Crippen LogP contribution in [0.5, 0.6) is 0 Å². The lowest BCUT2D eigenvalue weighted by Gasteiger charge is -2.51. The van der Waals surface area contributed by atoms with Crippen LogP contribution in [0.4, 0.5) is 0 Å². The molecule has 3 heteroatoms. The number of hydrogen-bond acceptors (Lipinski definition) is 2. The molecule has 0 aromatic rings. The smallest absolute Gasteiger partial charge is 0.225 e. The van der Waals surface area contributed by atoms with Gasteiger partial charge in [0.2, 0.25) is 5.91 Å². The minimum Gasteiger partial charge on any atom is -0.339 e. The first-order valence-electron chi connectivity index (χ1n) is 5.48. The van der Waals surface area contributed by atoms with Crippen molar-refractivity contribution in [2.75, 3.05) is 13.1 Å². The summed E-state index contributed by atoms with van der Waals surface area (Å²) >= 11 is 0. The van der Waals surface area contributed by atoms with Crippen LogP contribution in [0.2, 0.25) is 0 Å². The Morgan fingerprint density at radius 1 is 1.43 bits per heavy atom. The van der Waals surface area contributed by atoms with E-state index in [1.54, 1.807) is 0 Å². The predicted octanol–water partition coefficient (Wildman–Crippen LogP) is 1.23. The monoisotopic (exact) mass is 198 g/mol. The van der Waals surface area contributed by atoms with Crippen LogP contribution in [0.25, 0.3) is 0 Å². The second kappa shape index (κ2) is 3.89. The van der Waals surface area contributed by atoms with Crippen LogP contribution < -0.4 is 5.73 Å². The third kappa shape index (κ3) is 1.92. The van der Waals surface area contributed by atoms with Crippen molar-refractivity contribution in [1.29, 1.82) is 0 Å². The van der Waals surface area contributed by atoms with Gasteiger partial charge in [-0.05, 0) is 12.3 Å². The zero-order chi connectivity index (χ0) is 10.9. The molecule has 1 aliphatic heterocycles. The molecule has 0 aliphatic carbocycles. The lowest BCUT2D eigenvalue weighted by molar-refractivity contribution is -0.144. The van der Waals surface area contributed by atoms with Gasteiger partial charge in [0.05, 0.1) is 5.54 Å².